The van der Waals surface area contributed by atoms with Crippen LogP contribution in [0.1, 0.15) is 46.5 Å². The number of carbonyl (C=O) groups is 1. The Morgan fingerprint density at radius 1 is 1.03 bits per heavy atom. The highest BCUT2D eigenvalue weighted by atomic mass is 32.9. The van der Waals surface area contributed by atoms with E-state index in [-0.39, 0.29) is 18.1 Å². The third kappa shape index (κ3) is 8.37. The van der Waals surface area contributed by atoms with Gasteiger partial charge in [0.25, 0.3) is 0 Å². The van der Waals surface area contributed by atoms with Crippen LogP contribution in [-0.4, -0.2) is 56.7 Å². The van der Waals surface area contributed by atoms with Crippen LogP contribution >= 0.6 is 35.8 Å². The van der Waals surface area contributed by atoms with E-state index in [0.29, 0.717) is 12.8 Å². The predicted octanol–water partition coefficient (Wildman–Crippen LogP) is 5.41. The highest BCUT2D eigenvalue weighted by Gasteiger charge is 2.48. The molecular formula is C16H32O7P2S4. The Bertz CT molecular complexity index is 618. The first kappa shape index (κ1) is 29.9. The molecule has 0 aromatic rings. The van der Waals surface area contributed by atoms with Gasteiger partial charge in [0.15, 0.2) is 10.4 Å². The molecule has 0 bridgehead atoms. The molecule has 172 valence electrons. The van der Waals surface area contributed by atoms with Crippen LogP contribution in [0.5, 0.6) is 0 Å². The van der Waals surface area contributed by atoms with Crippen molar-refractivity contribution in [2.24, 2.45) is 0 Å². The molecule has 0 aliphatic heterocycles. The van der Waals surface area contributed by atoms with Crippen molar-refractivity contribution in [1.29, 1.82) is 0 Å². The SMILES string of the molecule is CCCC(CC)(OC(=S)C(CC(=O)OCC)SP(=S)(OC)OC)P(=S)(OC)OC. The largest absolute Gasteiger partial charge is 0.469 e. The maximum atomic E-state index is 12.2. The first-order valence-corrected chi connectivity index (χ1v) is 16.2. The molecule has 2 atom stereocenters. The summed E-state index contributed by atoms with van der Waals surface area (Å²) in [6, 6.07) is 0. The summed E-state index contributed by atoms with van der Waals surface area (Å²) in [5, 5.41) is -1.37. The number of ether oxygens (including phenoxy) is 2. The zero-order chi connectivity index (χ0) is 22.7. The van der Waals surface area contributed by atoms with Gasteiger partial charge in [-0.2, -0.15) is 0 Å². The van der Waals surface area contributed by atoms with E-state index in [0.717, 1.165) is 17.8 Å². The summed E-state index contributed by atoms with van der Waals surface area (Å²) in [4.78, 5) is 12.2. The average molecular weight is 527 g/mol. The summed E-state index contributed by atoms with van der Waals surface area (Å²) in [6.07, 6.45) is 1.87. The Hall–Kier alpha value is 0.850. The van der Waals surface area contributed by atoms with E-state index in [4.69, 9.17) is 63.4 Å². The number of esters is 1. The third-order valence-electron chi connectivity index (χ3n) is 4.09. The maximum Gasteiger partial charge on any atom is 0.307 e. The smallest absolute Gasteiger partial charge is 0.307 e. The molecule has 0 aromatic carbocycles. The molecule has 0 rings (SSSR count). The fourth-order valence-corrected chi connectivity index (χ4v) is 9.81. The van der Waals surface area contributed by atoms with Gasteiger partial charge in [-0.15, -0.1) is 0 Å². The van der Waals surface area contributed by atoms with E-state index >= 15 is 0 Å². The second kappa shape index (κ2) is 14.1. The number of rotatable bonds is 15. The van der Waals surface area contributed by atoms with Gasteiger partial charge in [-0.1, -0.05) is 31.7 Å². The number of carbonyl (C=O) groups excluding carboxylic acids is 1. The Labute approximate surface area is 194 Å². The van der Waals surface area contributed by atoms with Gasteiger partial charge in [0, 0.05) is 28.4 Å². The van der Waals surface area contributed by atoms with Crippen molar-refractivity contribution < 1.29 is 32.4 Å². The first-order valence-electron chi connectivity index (χ1n) is 9.06. The maximum absolute atomic E-state index is 12.2. The van der Waals surface area contributed by atoms with E-state index in [2.05, 4.69) is 0 Å². The molecule has 0 aliphatic rings. The number of thiocarbonyl (C=S) groups is 1. The molecule has 13 heteroatoms. The average Bonchev–Trinajstić information content (AvgIpc) is 2.72. The Balaban J connectivity index is 5.97. The molecule has 0 saturated carbocycles. The predicted molar refractivity (Wildman–Crippen MR) is 131 cm³/mol. The van der Waals surface area contributed by atoms with E-state index in [1.807, 2.05) is 13.8 Å². The summed E-state index contributed by atoms with van der Waals surface area (Å²) in [5.74, 6) is -0.416. The Morgan fingerprint density at radius 2 is 1.59 bits per heavy atom. The lowest BCUT2D eigenvalue weighted by Gasteiger charge is -2.41. The van der Waals surface area contributed by atoms with Crippen molar-refractivity contribution in [3.63, 3.8) is 0 Å². The van der Waals surface area contributed by atoms with Gasteiger partial charge in [0.2, 0.25) is 12.2 Å². The zero-order valence-corrected chi connectivity index (χ0v) is 23.1. The molecule has 2 unspecified atom stereocenters. The minimum atomic E-state index is -2.83. The standard InChI is InChI=1S/C16H32O7P2S4/c1-8-11-16(9-2,24(27,18-4)19-5)23-15(26)13(12-14(17)22-10-3)29-25(28,20-6)21-7/h13H,8-12H2,1-7H3. The van der Waals surface area contributed by atoms with Crippen molar-refractivity contribution in [2.75, 3.05) is 35.0 Å². The van der Waals surface area contributed by atoms with Crippen LogP contribution in [0.4, 0.5) is 0 Å². The lowest BCUT2D eigenvalue weighted by molar-refractivity contribution is -0.142. The summed E-state index contributed by atoms with van der Waals surface area (Å²) in [6.45, 7) is 3.13. The summed E-state index contributed by atoms with van der Waals surface area (Å²) in [5.41, 5.74) is -2.71. The highest BCUT2D eigenvalue weighted by Crippen LogP contribution is 2.65. The molecule has 0 aromatic heterocycles. The van der Waals surface area contributed by atoms with E-state index in [9.17, 15) is 4.79 Å². The third-order valence-corrected chi connectivity index (χ3v) is 15.0. The van der Waals surface area contributed by atoms with Gasteiger partial charge in [-0.3, -0.25) is 4.79 Å². The monoisotopic (exact) mass is 526 g/mol. The number of hydrogen-bond donors (Lipinski definition) is 0. The second-order valence-corrected chi connectivity index (χ2v) is 16.7. The van der Waals surface area contributed by atoms with E-state index in [1.165, 1.54) is 28.4 Å². The van der Waals surface area contributed by atoms with Crippen molar-refractivity contribution in [3.8, 4) is 0 Å². The molecule has 0 fully saturated rings. The van der Waals surface area contributed by atoms with E-state index < -0.39 is 28.7 Å². The van der Waals surface area contributed by atoms with Crippen LogP contribution in [0.3, 0.4) is 0 Å². The summed E-state index contributed by atoms with van der Waals surface area (Å²) >= 11 is 17.9. The van der Waals surface area contributed by atoms with Gasteiger partial charge in [-0.25, -0.2) is 0 Å². The van der Waals surface area contributed by atoms with Crippen molar-refractivity contribution >= 4 is 70.4 Å². The minimum absolute atomic E-state index is 0.0305. The quantitative estimate of drug-likeness (QED) is 0.156. The Morgan fingerprint density at radius 3 is 1.97 bits per heavy atom. The van der Waals surface area contributed by atoms with Gasteiger partial charge in [0.05, 0.1) is 18.3 Å². The van der Waals surface area contributed by atoms with Gasteiger partial charge >= 0.3 is 5.97 Å². The summed E-state index contributed by atoms with van der Waals surface area (Å²) in [7, 11) is 5.95. The topological polar surface area (TPSA) is 72.5 Å². The zero-order valence-electron chi connectivity index (χ0n) is 18.0. The molecule has 0 heterocycles. The first-order chi connectivity index (χ1) is 13.6. The van der Waals surface area contributed by atoms with Gasteiger partial charge in [0.1, 0.15) is 0 Å². The van der Waals surface area contributed by atoms with Crippen LogP contribution in [0.15, 0.2) is 0 Å². The second-order valence-electron chi connectivity index (χ2n) is 5.75. The molecule has 0 saturated heterocycles. The summed E-state index contributed by atoms with van der Waals surface area (Å²) < 4.78 is 33.3. The highest BCUT2D eigenvalue weighted by molar-refractivity contribution is 8.68. The molecule has 0 radical (unpaired) electrons. The lowest BCUT2D eigenvalue weighted by atomic mass is 10.1. The molecular weight excluding hydrogens is 494 g/mol. The molecule has 0 aliphatic carbocycles. The lowest BCUT2D eigenvalue weighted by Crippen LogP contribution is -2.38. The van der Waals surface area contributed by atoms with Gasteiger partial charge in [-0.05, 0) is 55.6 Å². The Kier molecular flexibility index (Phi) is 14.5. The molecule has 29 heavy (non-hydrogen) atoms. The van der Waals surface area contributed by atoms with Gasteiger partial charge < -0.3 is 27.6 Å². The van der Waals surface area contributed by atoms with Crippen LogP contribution in [0, 0.1) is 0 Å². The minimum Gasteiger partial charge on any atom is -0.469 e. The van der Waals surface area contributed by atoms with Crippen LogP contribution in [0.2, 0.25) is 0 Å². The fourth-order valence-electron chi connectivity index (χ4n) is 2.59. The molecule has 0 N–H and O–H groups in total. The van der Waals surface area contributed by atoms with E-state index in [1.54, 1.807) is 6.92 Å². The van der Waals surface area contributed by atoms with Crippen molar-refractivity contribution in [2.45, 2.75) is 57.0 Å². The molecule has 7 nitrogen and oxygen atoms in total. The molecule has 0 amide bonds. The van der Waals surface area contributed by atoms with Crippen molar-refractivity contribution in [1.82, 2.24) is 0 Å². The number of hydrogen-bond acceptors (Lipinski definition) is 11. The normalized spacial score (nSPS) is 15.4. The van der Waals surface area contributed by atoms with Crippen molar-refractivity contribution in [3.05, 3.63) is 0 Å². The van der Waals surface area contributed by atoms with Crippen LogP contribution in [-0.2, 0) is 56.0 Å². The van der Waals surface area contributed by atoms with Crippen LogP contribution < -0.4 is 0 Å². The van der Waals surface area contributed by atoms with Crippen LogP contribution in [0.25, 0.3) is 0 Å². The molecule has 0 spiro atoms. The fraction of sp³-hybridized carbons (Fsp3) is 0.875.